The molecular formula is C26H31N5O6S. The van der Waals surface area contributed by atoms with Crippen molar-refractivity contribution in [2.24, 2.45) is 16.5 Å². The van der Waals surface area contributed by atoms with Crippen molar-refractivity contribution in [3.63, 3.8) is 0 Å². The van der Waals surface area contributed by atoms with Crippen molar-refractivity contribution >= 4 is 46.4 Å². The van der Waals surface area contributed by atoms with Crippen LogP contribution in [0.1, 0.15) is 25.3 Å². The maximum absolute atomic E-state index is 13.6. The molecule has 38 heavy (non-hydrogen) atoms. The molecule has 0 radical (unpaired) electrons. The number of aromatic hydroxyl groups is 1. The summed E-state index contributed by atoms with van der Waals surface area (Å²) >= 11 is 1.09. The molecule has 2 aromatic carbocycles. The first-order chi connectivity index (χ1) is 18.2. The summed E-state index contributed by atoms with van der Waals surface area (Å²) < 4.78 is 10.4. The maximum Gasteiger partial charge on any atom is 0.267 e. The van der Waals surface area contributed by atoms with Gasteiger partial charge in [0.2, 0.25) is 17.6 Å². The highest BCUT2D eigenvalue weighted by Crippen LogP contribution is 2.40. The van der Waals surface area contributed by atoms with Crippen LogP contribution in [0.3, 0.4) is 0 Å². The van der Waals surface area contributed by atoms with E-state index in [1.165, 1.54) is 19.1 Å². The van der Waals surface area contributed by atoms with Crippen LogP contribution in [-0.2, 0) is 14.4 Å². The van der Waals surface area contributed by atoms with E-state index in [2.05, 4.69) is 10.3 Å². The molecule has 0 spiro atoms. The fourth-order valence-electron chi connectivity index (χ4n) is 3.68. The summed E-state index contributed by atoms with van der Waals surface area (Å²) in [5.41, 5.74) is 12.1. The van der Waals surface area contributed by atoms with Gasteiger partial charge in [-0.1, -0.05) is 18.2 Å². The molecule has 3 rings (SSSR count). The second kappa shape index (κ2) is 13.0. The number of para-hydroxylation sites is 1. The van der Waals surface area contributed by atoms with Crippen molar-refractivity contribution in [1.29, 1.82) is 0 Å². The lowest BCUT2D eigenvalue weighted by atomic mass is 10.1. The van der Waals surface area contributed by atoms with Crippen molar-refractivity contribution in [3.05, 3.63) is 52.9 Å². The largest absolute Gasteiger partial charge is 0.502 e. The average molecular weight is 542 g/mol. The Bertz CT molecular complexity index is 1220. The molecule has 2 atom stereocenters. The molecule has 1 heterocycles. The number of primary amides is 1. The minimum Gasteiger partial charge on any atom is -0.502 e. The zero-order valence-corrected chi connectivity index (χ0v) is 22.2. The second-order valence-electron chi connectivity index (χ2n) is 8.36. The predicted octanol–water partition coefficient (Wildman–Crippen LogP) is 2.11. The molecule has 1 aliphatic rings. The average Bonchev–Trinajstić information content (AvgIpc) is 3.20. The molecule has 11 nitrogen and oxygen atoms in total. The summed E-state index contributed by atoms with van der Waals surface area (Å²) in [6.07, 6.45) is 2.37. The van der Waals surface area contributed by atoms with Crippen LogP contribution in [0, 0.1) is 0 Å². The number of nitrogens with zero attached hydrogens (tertiary/aromatic N) is 2. The Morgan fingerprint density at radius 1 is 1.18 bits per heavy atom. The lowest BCUT2D eigenvalue weighted by Crippen LogP contribution is -2.53. The number of methoxy groups -OCH3 is 2. The number of phenols is 1. The van der Waals surface area contributed by atoms with Gasteiger partial charge in [-0.3, -0.25) is 19.3 Å². The minimum absolute atomic E-state index is 0.167. The Balaban J connectivity index is 1.99. The van der Waals surface area contributed by atoms with E-state index in [4.69, 9.17) is 20.9 Å². The molecule has 0 bridgehead atoms. The topological polar surface area (TPSA) is 170 Å². The third-order valence-electron chi connectivity index (χ3n) is 5.74. The molecule has 1 saturated heterocycles. The Morgan fingerprint density at radius 3 is 2.37 bits per heavy atom. The molecule has 0 aromatic heterocycles. The molecule has 1 aliphatic heterocycles. The highest BCUT2D eigenvalue weighted by atomic mass is 32.2. The first kappa shape index (κ1) is 28.5. The quantitative estimate of drug-likeness (QED) is 0.314. The van der Waals surface area contributed by atoms with Crippen LogP contribution in [0.4, 0.5) is 5.69 Å². The first-order valence-corrected chi connectivity index (χ1v) is 12.6. The predicted molar refractivity (Wildman–Crippen MR) is 146 cm³/mol. The summed E-state index contributed by atoms with van der Waals surface area (Å²) in [6.45, 7) is 1.89. The molecule has 0 unspecified atom stereocenters. The summed E-state index contributed by atoms with van der Waals surface area (Å²) in [7, 11) is 2.81. The number of ether oxygens (including phenoxy) is 2. The van der Waals surface area contributed by atoms with Gasteiger partial charge in [0, 0.05) is 0 Å². The van der Waals surface area contributed by atoms with Gasteiger partial charge in [-0.15, -0.1) is 0 Å². The molecule has 202 valence electrons. The van der Waals surface area contributed by atoms with Crippen LogP contribution in [0.15, 0.2) is 52.4 Å². The summed E-state index contributed by atoms with van der Waals surface area (Å²) in [6, 6.07) is 10.2. The number of amidine groups is 1. The van der Waals surface area contributed by atoms with Crippen LogP contribution >= 0.6 is 11.8 Å². The van der Waals surface area contributed by atoms with Crippen molar-refractivity contribution in [2.75, 3.05) is 20.8 Å². The Morgan fingerprint density at radius 2 is 1.82 bits per heavy atom. The monoisotopic (exact) mass is 541 g/mol. The van der Waals surface area contributed by atoms with E-state index in [0.717, 1.165) is 11.8 Å². The van der Waals surface area contributed by atoms with E-state index >= 15 is 0 Å². The third kappa shape index (κ3) is 6.64. The van der Waals surface area contributed by atoms with Gasteiger partial charge in [-0.2, -0.15) is 0 Å². The molecule has 0 saturated carbocycles. The third-order valence-corrected chi connectivity index (χ3v) is 6.72. The molecule has 2 aromatic rings. The molecule has 6 N–H and O–H groups in total. The van der Waals surface area contributed by atoms with Gasteiger partial charge in [0.25, 0.3) is 5.91 Å². The normalized spacial score (nSPS) is 16.9. The van der Waals surface area contributed by atoms with Crippen LogP contribution in [0.25, 0.3) is 6.08 Å². The Hall–Kier alpha value is -4.03. The van der Waals surface area contributed by atoms with Gasteiger partial charge in [0.15, 0.2) is 16.7 Å². The van der Waals surface area contributed by atoms with Crippen molar-refractivity contribution in [2.45, 2.75) is 31.8 Å². The Labute approximate surface area is 224 Å². The van der Waals surface area contributed by atoms with E-state index in [1.807, 2.05) is 18.2 Å². The number of amides is 3. The van der Waals surface area contributed by atoms with Crippen molar-refractivity contribution in [3.8, 4) is 17.2 Å². The molecule has 0 aliphatic carbocycles. The number of nitrogens with two attached hydrogens (primary N) is 2. The Kier molecular flexibility index (Phi) is 9.74. The number of carbonyl (C=O) groups excluding carboxylic acids is 3. The zero-order valence-electron chi connectivity index (χ0n) is 21.3. The van der Waals surface area contributed by atoms with Gasteiger partial charge in [0.1, 0.15) is 12.1 Å². The van der Waals surface area contributed by atoms with Gasteiger partial charge in [-0.05, 0) is 74.0 Å². The highest BCUT2D eigenvalue weighted by molar-refractivity contribution is 8.18. The number of thioether (sulfide) groups is 1. The van der Waals surface area contributed by atoms with Gasteiger partial charge >= 0.3 is 0 Å². The number of nitrogens with one attached hydrogen (secondary N) is 1. The smallest absolute Gasteiger partial charge is 0.267 e. The van der Waals surface area contributed by atoms with E-state index in [1.54, 1.807) is 37.3 Å². The standard InChI is InChI=1S/C26H31N5O6S/c1-15(24(34)30-18(23(28)33)10-7-11-27)31-25(35)21(38-26(31)29-17-8-5-4-6-9-17)14-16-12-19(36-2)22(32)20(13-16)37-3/h4-6,8-9,12-15,18,32H,7,10-11,27H2,1-3H3,(H2,28,33)(H,30,34)/t15-,18-/m0/s1. The lowest BCUT2D eigenvalue weighted by molar-refractivity contribution is -0.134. The summed E-state index contributed by atoms with van der Waals surface area (Å²) in [5, 5.41) is 13.1. The van der Waals surface area contributed by atoms with E-state index in [0.29, 0.717) is 24.2 Å². The molecular weight excluding hydrogens is 510 g/mol. The number of hydrogen-bond acceptors (Lipinski definition) is 9. The van der Waals surface area contributed by atoms with E-state index < -0.39 is 29.8 Å². The van der Waals surface area contributed by atoms with E-state index in [-0.39, 0.29) is 33.7 Å². The second-order valence-corrected chi connectivity index (χ2v) is 9.37. The van der Waals surface area contributed by atoms with Crippen LogP contribution < -0.4 is 26.3 Å². The zero-order chi connectivity index (χ0) is 27.8. The SMILES string of the molecule is COc1cc(C=C2SC(=Nc3ccccc3)N([C@@H](C)C(=O)N[C@@H](CCCN)C(N)=O)C2=O)cc(OC)c1O. The number of carbonyl (C=O) groups is 3. The molecule has 12 heteroatoms. The fraction of sp³-hybridized carbons (Fsp3) is 0.308. The van der Waals surface area contributed by atoms with Crippen LogP contribution in [0.2, 0.25) is 0 Å². The van der Waals surface area contributed by atoms with Crippen LogP contribution in [-0.4, -0.2) is 65.7 Å². The van der Waals surface area contributed by atoms with Crippen molar-refractivity contribution < 1.29 is 29.0 Å². The van der Waals surface area contributed by atoms with E-state index in [9.17, 15) is 19.5 Å². The van der Waals surface area contributed by atoms with Gasteiger partial charge < -0.3 is 31.4 Å². The number of hydrogen-bond donors (Lipinski definition) is 4. The van der Waals surface area contributed by atoms with Crippen LogP contribution in [0.5, 0.6) is 17.2 Å². The lowest BCUT2D eigenvalue weighted by Gasteiger charge is -2.25. The number of benzene rings is 2. The molecule has 3 amide bonds. The number of rotatable bonds is 11. The van der Waals surface area contributed by atoms with Gasteiger partial charge in [-0.25, -0.2) is 4.99 Å². The maximum atomic E-state index is 13.6. The summed E-state index contributed by atoms with van der Waals surface area (Å²) in [5.74, 6) is -1.53. The minimum atomic E-state index is -1.01. The summed E-state index contributed by atoms with van der Waals surface area (Å²) in [4.78, 5) is 44.7. The number of aliphatic imine (C=N–C) groups is 1. The number of phenolic OH excluding ortho intramolecular Hbond substituents is 1. The fourth-order valence-corrected chi connectivity index (χ4v) is 4.75. The van der Waals surface area contributed by atoms with Gasteiger partial charge in [0.05, 0.1) is 24.8 Å². The highest BCUT2D eigenvalue weighted by Gasteiger charge is 2.40. The van der Waals surface area contributed by atoms with Crippen molar-refractivity contribution in [1.82, 2.24) is 10.2 Å². The first-order valence-electron chi connectivity index (χ1n) is 11.8. The molecule has 1 fully saturated rings.